The van der Waals surface area contributed by atoms with Crippen LogP contribution in [0.25, 0.3) is 0 Å². The number of carbonyl (C=O) groups excluding carboxylic acids is 1. The van der Waals surface area contributed by atoms with E-state index in [1.807, 2.05) is 20.8 Å². The first-order chi connectivity index (χ1) is 9.42. The van der Waals surface area contributed by atoms with Crippen LogP contribution < -0.4 is 0 Å². The highest BCUT2D eigenvalue weighted by Crippen LogP contribution is 2.48. The van der Waals surface area contributed by atoms with E-state index in [2.05, 4.69) is 12.2 Å². The van der Waals surface area contributed by atoms with Crippen molar-refractivity contribution in [1.82, 2.24) is 0 Å². The number of hydrogen-bond donors (Lipinski definition) is 0. The second kappa shape index (κ2) is 6.27. The molecule has 4 nitrogen and oxygen atoms in total. The highest BCUT2D eigenvalue weighted by molar-refractivity contribution is 5.74. The van der Waals surface area contributed by atoms with Gasteiger partial charge in [0.15, 0.2) is 0 Å². The van der Waals surface area contributed by atoms with E-state index >= 15 is 0 Å². The number of hydrogen-bond acceptors (Lipinski definition) is 4. The molecule has 4 heteroatoms. The van der Waals surface area contributed by atoms with Gasteiger partial charge in [0.1, 0.15) is 6.61 Å². The van der Waals surface area contributed by atoms with Crippen LogP contribution in [0.2, 0.25) is 0 Å². The molecule has 0 aliphatic heterocycles. The SMILES string of the molecule is COCCOC(=O)C1C2C=CC(C2)C1COC(C)(C)C. The summed E-state index contributed by atoms with van der Waals surface area (Å²) in [4.78, 5) is 12.3. The summed E-state index contributed by atoms with van der Waals surface area (Å²) in [6, 6.07) is 0. The summed E-state index contributed by atoms with van der Waals surface area (Å²) in [6.45, 7) is 7.54. The molecule has 0 radical (unpaired) electrons. The monoisotopic (exact) mass is 282 g/mol. The number of allylic oxidation sites excluding steroid dienone is 2. The Bertz CT molecular complexity index is 369. The van der Waals surface area contributed by atoms with Crippen LogP contribution in [0.3, 0.4) is 0 Å². The third-order valence-corrected chi connectivity index (χ3v) is 4.14. The van der Waals surface area contributed by atoms with Gasteiger partial charge in [-0.1, -0.05) is 12.2 Å². The number of carbonyl (C=O) groups is 1. The second-order valence-electron chi connectivity index (χ2n) is 6.72. The summed E-state index contributed by atoms with van der Waals surface area (Å²) >= 11 is 0. The molecule has 0 saturated heterocycles. The molecule has 0 aromatic carbocycles. The lowest BCUT2D eigenvalue weighted by Crippen LogP contribution is -2.35. The standard InChI is InChI=1S/C16H26O4/c1-16(2,3)20-10-13-11-5-6-12(9-11)14(13)15(17)19-8-7-18-4/h5-6,11-14H,7-10H2,1-4H3. The molecule has 0 aromatic heterocycles. The largest absolute Gasteiger partial charge is 0.463 e. The minimum atomic E-state index is -0.171. The Morgan fingerprint density at radius 3 is 2.55 bits per heavy atom. The maximum absolute atomic E-state index is 12.3. The molecule has 114 valence electrons. The van der Waals surface area contributed by atoms with E-state index in [-0.39, 0.29) is 23.4 Å². The van der Waals surface area contributed by atoms with Crippen molar-refractivity contribution in [3.63, 3.8) is 0 Å². The maximum atomic E-state index is 12.3. The predicted octanol–water partition coefficient (Wildman–Crippen LogP) is 2.43. The van der Waals surface area contributed by atoms with Gasteiger partial charge in [0, 0.05) is 13.0 Å². The molecule has 1 fully saturated rings. The van der Waals surface area contributed by atoms with Gasteiger partial charge < -0.3 is 14.2 Å². The van der Waals surface area contributed by atoms with Gasteiger partial charge in [0.05, 0.1) is 24.7 Å². The molecule has 1 saturated carbocycles. The molecule has 20 heavy (non-hydrogen) atoms. The van der Waals surface area contributed by atoms with E-state index in [4.69, 9.17) is 14.2 Å². The van der Waals surface area contributed by atoms with Crippen LogP contribution in [0.15, 0.2) is 12.2 Å². The topological polar surface area (TPSA) is 44.8 Å². The van der Waals surface area contributed by atoms with Gasteiger partial charge in [0.25, 0.3) is 0 Å². The van der Waals surface area contributed by atoms with Crippen molar-refractivity contribution in [1.29, 1.82) is 0 Å². The lowest BCUT2D eigenvalue weighted by Gasteiger charge is -2.29. The first-order valence-electron chi connectivity index (χ1n) is 7.40. The summed E-state index contributed by atoms with van der Waals surface area (Å²) in [7, 11) is 1.61. The van der Waals surface area contributed by atoms with Crippen LogP contribution in [0, 0.1) is 23.7 Å². The zero-order chi connectivity index (χ0) is 14.8. The Morgan fingerprint density at radius 2 is 1.90 bits per heavy atom. The number of fused-ring (bicyclic) bond motifs is 2. The fraction of sp³-hybridized carbons (Fsp3) is 0.812. The van der Waals surface area contributed by atoms with Gasteiger partial charge >= 0.3 is 5.97 Å². The molecule has 0 heterocycles. The third-order valence-electron chi connectivity index (χ3n) is 4.14. The van der Waals surface area contributed by atoms with Gasteiger partial charge in [-0.3, -0.25) is 4.79 Å². The molecule has 2 rings (SSSR count). The fourth-order valence-electron chi connectivity index (χ4n) is 3.17. The molecule has 4 atom stereocenters. The van der Waals surface area contributed by atoms with Crippen molar-refractivity contribution < 1.29 is 19.0 Å². The van der Waals surface area contributed by atoms with Gasteiger partial charge in [0.2, 0.25) is 0 Å². The average molecular weight is 282 g/mol. The van der Waals surface area contributed by atoms with E-state index in [0.29, 0.717) is 31.7 Å². The summed E-state index contributed by atoms with van der Waals surface area (Å²) in [5, 5.41) is 0. The summed E-state index contributed by atoms with van der Waals surface area (Å²) in [5.74, 6) is 0.885. The Balaban J connectivity index is 1.94. The lowest BCUT2D eigenvalue weighted by atomic mass is 9.83. The van der Waals surface area contributed by atoms with E-state index < -0.39 is 0 Å². The van der Waals surface area contributed by atoms with Crippen molar-refractivity contribution in [3.05, 3.63) is 12.2 Å². The van der Waals surface area contributed by atoms with Crippen LogP contribution in [0.4, 0.5) is 0 Å². The van der Waals surface area contributed by atoms with E-state index in [9.17, 15) is 4.79 Å². The van der Waals surface area contributed by atoms with Crippen LogP contribution in [-0.4, -0.2) is 38.5 Å². The Kier molecular flexibility index (Phi) is 4.86. The zero-order valence-electron chi connectivity index (χ0n) is 12.9. The van der Waals surface area contributed by atoms with Crippen molar-refractivity contribution >= 4 is 5.97 Å². The second-order valence-corrected chi connectivity index (χ2v) is 6.72. The van der Waals surface area contributed by atoms with Crippen molar-refractivity contribution in [2.24, 2.45) is 23.7 Å². The molecule has 0 N–H and O–H groups in total. The van der Waals surface area contributed by atoms with Gasteiger partial charge in [-0.05, 0) is 39.0 Å². The number of esters is 1. The zero-order valence-corrected chi connectivity index (χ0v) is 12.9. The van der Waals surface area contributed by atoms with Crippen LogP contribution in [-0.2, 0) is 19.0 Å². The summed E-state index contributed by atoms with van der Waals surface area (Å²) in [5.41, 5.74) is -0.171. The van der Waals surface area contributed by atoms with Gasteiger partial charge in [-0.15, -0.1) is 0 Å². The summed E-state index contributed by atoms with van der Waals surface area (Å²) in [6.07, 6.45) is 5.46. The summed E-state index contributed by atoms with van der Waals surface area (Å²) < 4.78 is 16.2. The first kappa shape index (κ1) is 15.5. The highest BCUT2D eigenvalue weighted by Gasteiger charge is 2.49. The third kappa shape index (κ3) is 3.61. The quantitative estimate of drug-likeness (QED) is 0.426. The minimum absolute atomic E-state index is 0.0517. The normalized spacial score (nSPS) is 31.8. The van der Waals surface area contributed by atoms with Crippen molar-refractivity contribution in [2.45, 2.75) is 32.8 Å². The number of methoxy groups -OCH3 is 1. The molecular weight excluding hydrogens is 256 g/mol. The van der Waals surface area contributed by atoms with Crippen LogP contribution in [0.5, 0.6) is 0 Å². The average Bonchev–Trinajstić information content (AvgIpc) is 2.95. The predicted molar refractivity (Wildman–Crippen MR) is 76.3 cm³/mol. The molecule has 2 aliphatic rings. The van der Waals surface area contributed by atoms with Crippen molar-refractivity contribution in [2.75, 3.05) is 26.9 Å². The Labute approximate surface area is 121 Å². The van der Waals surface area contributed by atoms with Gasteiger partial charge in [-0.25, -0.2) is 0 Å². The van der Waals surface area contributed by atoms with E-state index in [1.165, 1.54) is 0 Å². The molecule has 4 unspecified atom stereocenters. The van der Waals surface area contributed by atoms with Crippen LogP contribution >= 0.6 is 0 Å². The molecule has 2 aliphatic carbocycles. The van der Waals surface area contributed by atoms with Crippen molar-refractivity contribution in [3.8, 4) is 0 Å². The number of rotatable bonds is 6. The smallest absolute Gasteiger partial charge is 0.310 e. The maximum Gasteiger partial charge on any atom is 0.310 e. The molecular formula is C16H26O4. The molecule has 0 aromatic rings. The first-order valence-corrected chi connectivity index (χ1v) is 7.40. The lowest BCUT2D eigenvalue weighted by molar-refractivity contribution is -0.154. The molecule has 0 spiro atoms. The van der Waals surface area contributed by atoms with Gasteiger partial charge in [-0.2, -0.15) is 0 Å². The molecule has 0 amide bonds. The highest BCUT2D eigenvalue weighted by atomic mass is 16.6. The van der Waals surface area contributed by atoms with E-state index in [1.54, 1.807) is 7.11 Å². The Morgan fingerprint density at radius 1 is 1.20 bits per heavy atom. The number of ether oxygens (including phenoxy) is 3. The Hall–Kier alpha value is -0.870. The molecule has 2 bridgehead atoms. The fourth-order valence-corrected chi connectivity index (χ4v) is 3.17. The van der Waals surface area contributed by atoms with Crippen LogP contribution in [0.1, 0.15) is 27.2 Å². The minimum Gasteiger partial charge on any atom is -0.463 e. The van der Waals surface area contributed by atoms with E-state index in [0.717, 1.165) is 6.42 Å².